The van der Waals surface area contributed by atoms with Crippen molar-refractivity contribution in [1.29, 1.82) is 0 Å². The molecule has 3 nitrogen and oxygen atoms in total. The van der Waals surface area contributed by atoms with Gasteiger partial charge in [-0.25, -0.2) is 0 Å². The highest BCUT2D eigenvalue weighted by atomic mass is 79.9. The molecule has 1 aromatic rings. The van der Waals surface area contributed by atoms with Crippen LogP contribution in [0.25, 0.3) is 0 Å². The van der Waals surface area contributed by atoms with Crippen molar-refractivity contribution >= 4 is 21.7 Å². The lowest BCUT2D eigenvalue weighted by molar-refractivity contribution is -0.274. The number of ketones is 1. The summed E-state index contributed by atoms with van der Waals surface area (Å²) in [6.45, 7) is 3.33. The van der Waals surface area contributed by atoms with Crippen molar-refractivity contribution in [2.45, 2.75) is 25.0 Å². The van der Waals surface area contributed by atoms with Crippen LogP contribution in [0.2, 0.25) is 0 Å². The Kier molecular flexibility index (Phi) is 5.22. The first-order valence-electron chi connectivity index (χ1n) is 5.41. The van der Waals surface area contributed by atoms with Crippen LogP contribution in [0.15, 0.2) is 18.2 Å². The van der Waals surface area contributed by atoms with Crippen molar-refractivity contribution in [3.63, 3.8) is 0 Å². The maximum atomic E-state index is 12.1. The van der Waals surface area contributed by atoms with Gasteiger partial charge in [-0.05, 0) is 19.9 Å². The third kappa shape index (κ3) is 4.74. The fourth-order valence-corrected chi connectivity index (χ4v) is 1.80. The molecule has 106 valence electrons. The molecule has 0 spiro atoms. The maximum absolute atomic E-state index is 12.1. The molecular weight excluding hydrogens is 329 g/mol. The molecule has 0 saturated carbocycles. The molecular formula is C12H12BrF3O3. The summed E-state index contributed by atoms with van der Waals surface area (Å²) in [6, 6.07) is 3.62. The van der Waals surface area contributed by atoms with E-state index in [0.717, 1.165) is 12.1 Å². The summed E-state index contributed by atoms with van der Waals surface area (Å²) in [6.07, 6.45) is -4.76. The zero-order valence-corrected chi connectivity index (χ0v) is 11.8. The molecule has 1 atom stereocenters. The number of carbonyl (C=O) groups is 1. The van der Waals surface area contributed by atoms with Gasteiger partial charge in [0, 0.05) is 11.6 Å². The Bertz CT molecular complexity index is 460. The van der Waals surface area contributed by atoms with Crippen LogP contribution in [-0.2, 0) is 4.79 Å². The second-order valence-corrected chi connectivity index (χ2v) is 4.57. The number of halogens is 4. The molecule has 1 unspecified atom stereocenters. The Balaban J connectivity index is 3.10. The molecule has 0 saturated heterocycles. The second kappa shape index (κ2) is 6.27. The average Bonchev–Trinajstić information content (AvgIpc) is 2.26. The summed E-state index contributed by atoms with van der Waals surface area (Å²) in [4.78, 5) is 10.7. The van der Waals surface area contributed by atoms with Crippen LogP contribution in [0.3, 0.4) is 0 Å². The summed E-state index contributed by atoms with van der Waals surface area (Å²) in [7, 11) is 0. The van der Waals surface area contributed by atoms with Crippen molar-refractivity contribution in [3.05, 3.63) is 23.8 Å². The normalized spacial score (nSPS) is 12.9. The molecule has 0 aromatic heterocycles. The maximum Gasteiger partial charge on any atom is 0.573 e. The van der Waals surface area contributed by atoms with Crippen molar-refractivity contribution in [2.75, 3.05) is 6.61 Å². The first-order chi connectivity index (χ1) is 8.74. The Labute approximate surface area is 116 Å². The SMILES string of the molecule is CCOc1cc(OC(F)(F)F)ccc1C(Br)C(C)=O. The first-order valence-corrected chi connectivity index (χ1v) is 6.33. The van der Waals surface area contributed by atoms with Crippen LogP contribution in [-0.4, -0.2) is 18.8 Å². The monoisotopic (exact) mass is 340 g/mol. The van der Waals surface area contributed by atoms with Crippen LogP contribution in [0.1, 0.15) is 24.2 Å². The number of Topliss-reactive ketones (excluding diaryl/α,β-unsaturated/α-hetero) is 1. The first kappa shape index (κ1) is 15.8. The van der Waals surface area contributed by atoms with Crippen LogP contribution >= 0.6 is 15.9 Å². The quantitative estimate of drug-likeness (QED) is 0.759. The largest absolute Gasteiger partial charge is 0.573 e. The Morgan fingerprint density at radius 3 is 2.53 bits per heavy atom. The minimum absolute atomic E-state index is 0.176. The van der Waals surface area contributed by atoms with Gasteiger partial charge >= 0.3 is 6.36 Å². The zero-order valence-electron chi connectivity index (χ0n) is 10.3. The zero-order chi connectivity index (χ0) is 14.6. The molecule has 1 rings (SSSR count). The van der Waals surface area contributed by atoms with Crippen molar-refractivity contribution < 1.29 is 27.4 Å². The van der Waals surface area contributed by atoms with Crippen molar-refractivity contribution in [3.8, 4) is 11.5 Å². The van der Waals surface area contributed by atoms with Crippen LogP contribution in [0, 0.1) is 0 Å². The highest BCUT2D eigenvalue weighted by molar-refractivity contribution is 9.09. The summed E-state index contributed by atoms with van der Waals surface area (Å²) in [5, 5.41) is 0. The number of ether oxygens (including phenoxy) is 2. The van der Waals surface area contributed by atoms with E-state index in [-0.39, 0.29) is 23.9 Å². The molecule has 0 fully saturated rings. The lowest BCUT2D eigenvalue weighted by atomic mass is 10.1. The topological polar surface area (TPSA) is 35.5 Å². The average molecular weight is 341 g/mol. The number of rotatable bonds is 5. The summed E-state index contributed by atoms with van der Waals surface area (Å²) < 4.78 is 45.4. The van der Waals surface area contributed by atoms with Gasteiger partial charge in [0.25, 0.3) is 0 Å². The van der Waals surface area contributed by atoms with Gasteiger partial charge in [-0.2, -0.15) is 0 Å². The molecule has 0 aliphatic heterocycles. The number of hydrogen-bond donors (Lipinski definition) is 0. The highest BCUT2D eigenvalue weighted by Gasteiger charge is 2.31. The molecule has 0 amide bonds. The van der Waals surface area contributed by atoms with E-state index in [1.54, 1.807) is 6.92 Å². The molecule has 0 radical (unpaired) electrons. The van der Waals surface area contributed by atoms with Crippen molar-refractivity contribution in [1.82, 2.24) is 0 Å². The third-order valence-corrected chi connectivity index (χ3v) is 3.29. The van der Waals surface area contributed by atoms with Gasteiger partial charge in [0.2, 0.25) is 0 Å². The Hall–Kier alpha value is -1.24. The van der Waals surface area contributed by atoms with Crippen molar-refractivity contribution in [2.24, 2.45) is 0 Å². The van der Waals surface area contributed by atoms with Gasteiger partial charge < -0.3 is 9.47 Å². The lowest BCUT2D eigenvalue weighted by Crippen LogP contribution is -2.17. The molecule has 0 heterocycles. The standard InChI is InChI=1S/C12H12BrF3O3/c1-3-18-10-6-8(19-12(14,15)16)4-5-9(10)11(13)7(2)17/h4-6,11H,3H2,1-2H3. The minimum Gasteiger partial charge on any atom is -0.493 e. The van der Waals surface area contributed by atoms with E-state index in [2.05, 4.69) is 20.7 Å². The molecule has 0 bridgehead atoms. The lowest BCUT2D eigenvalue weighted by Gasteiger charge is -2.15. The van der Waals surface area contributed by atoms with E-state index in [9.17, 15) is 18.0 Å². The van der Waals surface area contributed by atoms with Gasteiger partial charge in [0.05, 0.1) is 6.61 Å². The predicted molar refractivity (Wildman–Crippen MR) is 66.6 cm³/mol. The van der Waals surface area contributed by atoms with E-state index in [0.29, 0.717) is 5.56 Å². The van der Waals surface area contributed by atoms with E-state index in [1.807, 2.05) is 0 Å². The van der Waals surface area contributed by atoms with Crippen LogP contribution in [0.5, 0.6) is 11.5 Å². The van der Waals surface area contributed by atoms with Gasteiger partial charge in [0.15, 0.2) is 0 Å². The van der Waals surface area contributed by atoms with Gasteiger partial charge in [-0.1, -0.05) is 22.0 Å². The smallest absolute Gasteiger partial charge is 0.493 e. The Morgan fingerprint density at radius 2 is 2.05 bits per heavy atom. The minimum atomic E-state index is -4.76. The molecule has 0 aliphatic carbocycles. The summed E-state index contributed by atoms with van der Waals surface area (Å²) in [5.74, 6) is -0.380. The predicted octanol–water partition coefficient (Wildman–Crippen LogP) is 4.01. The Morgan fingerprint density at radius 1 is 1.42 bits per heavy atom. The van der Waals surface area contributed by atoms with Crippen LogP contribution < -0.4 is 9.47 Å². The van der Waals surface area contributed by atoms with E-state index < -0.39 is 11.2 Å². The van der Waals surface area contributed by atoms with Gasteiger partial charge in [-0.3, -0.25) is 4.79 Å². The van der Waals surface area contributed by atoms with E-state index in [1.165, 1.54) is 13.0 Å². The number of alkyl halides is 4. The molecule has 0 N–H and O–H groups in total. The molecule has 0 aliphatic rings. The fraction of sp³-hybridized carbons (Fsp3) is 0.417. The van der Waals surface area contributed by atoms with Gasteiger partial charge in [-0.15, -0.1) is 13.2 Å². The van der Waals surface area contributed by atoms with Gasteiger partial charge in [0.1, 0.15) is 22.1 Å². The number of hydrogen-bond acceptors (Lipinski definition) is 3. The highest BCUT2D eigenvalue weighted by Crippen LogP contribution is 2.36. The van der Waals surface area contributed by atoms with Crippen LogP contribution in [0.4, 0.5) is 13.2 Å². The van der Waals surface area contributed by atoms with E-state index in [4.69, 9.17) is 4.74 Å². The molecule has 1 aromatic carbocycles. The number of carbonyl (C=O) groups excluding carboxylic acids is 1. The summed E-state index contributed by atoms with van der Waals surface area (Å²) in [5.41, 5.74) is 0.462. The fourth-order valence-electron chi connectivity index (χ4n) is 1.42. The molecule has 19 heavy (non-hydrogen) atoms. The number of benzene rings is 1. The van der Waals surface area contributed by atoms with E-state index >= 15 is 0 Å². The summed E-state index contributed by atoms with van der Waals surface area (Å²) >= 11 is 3.16. The third-order valence-electron chi connectivity index (χ3n) is 2.15. The second-order valence-electron chi connectivity index (χ2n) is 3.65. The molecule has 7 heteroatoms.